The van der Waals surface area contributed by atoms with Crippen molar-refractivity contribution in [2.75, 3.05) is 52.9 Å². The van der Waals surface area contributed by atoms with E-state index in [1.807, 2.05) is 16.8 Å². The van der Waals surface area contributed by atoms with Crippen LogP contribution in [-0.2, 0) is 9.59 Å². The monoisotopic (exact) mass is 308 g/mol. The summed E-state index contributed by atoms with van der Waals surface area (Å²) in [5.41, 5.74) is 0. The van der Waals surface area contributed by atoms with Crippen molar-refractivity contribution in [3.05, 3.63) is 0 Å². The van der Waals surface area contributed by atoms with Crippen molar-refractivity contribution in [3.63, 3.8) is 0 Å². The molecule has 0 spiro atoms. The van der Waals surface area contributed by atoms with Crippen LogP contribution in [0.25, 0.3) is 0 Å². The highest BCUT2D eigenvalue weighted by molar-refractivity contribution is 5.82. The highest BCUT2D eigenvalue weighted by Gasteiger charge is 2.35. The maximum atomic E-state index is 12.4. The number of carbonyl (C=O) groups is 2. The molecule has 0 radical (unpaired) electrons. The van der Waals surface area contributed by atoms with Crippen LogP contribution in [0.2, 0.25) is 0 Å². The molecule has 1 aliphatic carbocycles. The Hall–Kier alpha value is -1.14. The number of likely N-dealkylation sites (tertiary alicyclic amines) is 1. The Labute approximate surface area is 132 Å². The first kappa shape index (κ1) is 15.7. The van der Waals surface area contributed by atoms with Gasteiger partial charge in [-0.15, -0.1) is 0 Å². The first-order valence-corrected chi connectivity index (χ1v) is 8.63. The molecule has 1 atom stereocenters. The number of piperazine rings is 1. The van der Waals surface area contributed by atoms with Gasteiger partial charge >= 0.3 is 0 Å². The van der Waals surface area contributed by atoms with Crippen molar-refractivity contribution in [2.24, 2.45) is 5.92 Å². The van der Waals surface area contributed by atoms with Crippen molar-refractivity contribution >= 4 is 11.8 Å². The molecule has 6 nitrogen and oxygen atoms in total. The van der Waals surface area contributed by atoms with Crippen molar-refractivity contribution in [2.45, 2.75) is 31.7 Å². The lowest BCUT2D eigenvalue weighted by molar-refractivity contribution is -0.141. The van der Waals surface area contributed by atoms with Gasteiger partial charge in [0.2, 0.25) is 11.8 Å². The van der Waals surface area contributed by atoms with E-state index in [9.17, 15) is 9.59 Å². The van der Waals surface area contributed by atoms with Gasteiger partial charge in [0, 0.05) is 44.7 Å². The van der Waals surface area contributed by atoms with Gasteiger partial charge in [-0.05, 0) is 39.3 Å². The quantitative estimate of drug-likeness (QED) is 0.778. The third-order valence-corrected chi connectivity index (χ3v) is 5.14. The highest BCUT2D eigenvalue weighted by atomic mass is 16.2. The number of hydrogen-bond donors (Lipinski definition) is 1. The van der Waals surface area contributed by atoms with Gasteiger partial charge < -0.3 is 15.1 Å². The van der Waals surface area contributed by atoms with E-state index in [-0.39, 0.29) is 11.8 Å². The van der Waals surface area contributed by atoms with Crippen LogP contribution in [0.4, 0.5) is 0 Å². The van der Waals surface area contributed by atoms with Crippen LogP contribution < -0.4 is 5.32 Å². The largest absolute Gasteiger partial charge is 0.339 e. The fourth-order valence-corrected chi connectivity index (χ4v) is 3.49. The zero-order chi connectivity index (χ0) is 15.5. The summed E-state index contributed by atoms with van der Waals surface area (Å²) in [6, 6.07) is 0.509. The Kier molecular flexibility index (Phi) is 4.98. The Bertz CT molecular complexity index is 416. The maximum absolute atomic E-state index is 12.4. The second-order valence-electron chi connectivity index (χ2n) is 6.84. The molecule has 0 aromatic heterocycles. The minimum absolute atomic E-state index is 0.218. The van der Waals surface area contributed by atoms with Crippen molar-refractivity contribution < 1.29 is 9.59 Å². The molecule has 1 N–H and O–H groups in total. The van der Waals surface area contributed by atoms with Gasteiger partial charge in [-0.3, -0.25) is 14.5 Å². The third-order valence-electron chi connectivity index (χ3n) is 5.14. The molecule has 0 aromatic carbocycles. The number of piperidine rings is 1. The number of rotatable bonds is 4. The lowest BCUT2D eigenvalue weighted by Gasteiger charge is -2.37. The topological polar surface area (TPSA) is 55.9 Å². The van der Waals surface area contributed by atoms with Gasteiger partial charge in [0.25, 0.3) is 0 Å². The minimum Gasteiger partial charge on any atom is -0.339 e. The Morgan fingerprint density at radius 2 is 1.68 bits per heavy atom. The normalized spacial score (nSPS) is 27.0. The lowest BCUT2D eigenvalue weighted by atomic mass is 10.1. The number of nitrogens with zero attached hydrogens (tertiary/aromatic N) is 3. The second-order valence-corrected chi connectivity index (χ2v) is 6.84. The SMILES string of the molecule is CNC1CCCN(CC(=O)N2CCN(C(=O)C3CC3)CC2)C1. The minimum atomic E-state index is 0.218. The van der Waals surface area contributed by atoms with Crippen LogP contribution in [0.5, 0.6) is 0 Å². The number of nitrogens with one attached hydrogen (secondary N) is 1. The van der Waals surface area contributed by atoms with Crippen molar-refractivity contribution in [3.8, 4) is 0 Å². The molecule has 6 heteroatoms. The van der Waals surface area contributed by atoms with Crippen LogP contribution >= 0.6 is 0 Å². The molecule has 1 unspecified atom stereocenters. The molecule has 1 saturated carbocycles. The second kappa shape index (κ2) is 6.96. The van der Waals surface area contributed by atoms with E-state index < -0.39 is 0 Å². The summed E-state index contributed by atoms with van der Waals surface area (Å²) in [5.74, 6) is 0.810. The van der Waals surface area contributed by atoms with Gasteiger partial charge in [-0.1, -0.05) is 0 Å². The number of carbonyl (C=O) groups excluding carboxylic acids is 2. The van der Waals surface area contributed by atoms with Crippen molar-refractivity contribution in [1.82, 2.24) is 20.0 Å². The van der Waals surface area contributed by atoms with Crippen LogP contribution in [0, 0.1) is 5.92 Å². The average Bonchev–Trinajstić information content (AvgIpc) is 3.39. The first-order valence-electron chi connectivity index (χ1n) is 8.63. The van der Waals surface area contributed by atoms with E-state index in [4.69, 9.17) is 0 Å². The molecule has 3 fully saturated rings. The lowest BCUT2D eigenvalue weighted by Crippen LogP contribution is -2.54. The molecule has 124 valence electrons. The number of amides is 2. The molecule has 0 aromatic rings. The Morgan fingerprint density at radius 1 is 1.00 bits per heavy atom. The number of hydrogen-bond acceptors (Lipinski definition) is 4. The first-order chi connectivity index (χ1) is 10.7. The fourth-order valence-electron chi connectivity index (χ4n) is 3.49. The standard InChI is InChI=1S/C16H28N4O2/c1-17-14-3-2-6-18(11-14)12-15(21)19-7-9-20(10-8-19)16(22)13-4-5-13/h13-14,17H,2-12H2,1H3. The molecule has 2 saturated heterocycles. The fraction of sp³-hybridized carbons (Fsp3) is 0.875. The summed E-state index contributed by atoms with van der Waals surface area (Å²) in [6.45, 7) is 5.31. The summed E-state index contributed by atoms with van der Waals surface area (Å²) in [5, 5.41) is 3.31. The van der Waals surface area contributed by atoms with Crippen LogP contribution in [0.1, 0.15) is 25.7 Å². The molecule has 2 heterocycles. The van der Waals surface area contributed by atoms with Gasteiger partial charge in [0.15, 0.2) is 0 Å². The van der Waals surface area contributed by atoms with Crippen LogP contribution in [0.15, 0.2) is 0 Å². The molecule has 22 heavy (non-hydrogen) atoms. The molecular weight excluding hydrogens is 280 g/mol. The molecular formula is C16H28N4O2. The van der Waals surface area contributed by atoms with E-state index >= 15 is 0 Å². The molecule has 3 aliphatic rings. The van der Waals surface area contributed by atoms with Crippen molar-refractivity contribution in [1.29, 1.82) is 0 Å². The summed E-state index contributed by atoms with van der Waals surface area (Å²) in [4.78, 5) is 30.6. The van der Waals surface area contributed by atoms with Gasteiger partial charge in [0.05, 0.1) is 6.54 Å². The summed E-state index contributed by atoms with van der Waals surface area (Å²) >= 11 is 0. The van der Waals surface area contributed by atoms with Crippen LogP contribution in [-0.4, -0.2) is 85.4 Å². The molecule has 2 aliphatic heterocycles. The van der Waals surface area contributed by atoms with E-state index in [0.29, 0.717) is 44.7 Å². The highest BCUT2D eigenvalue weighted by Crippen LogP contribution is 2.31. The average molecular weight is 308 g/mol. The van der Waals surface area contributed by atoms with Crippen LogP contribution in [0.3, 0.4) is 0 Å². The predicted octanol–water partition coefficient (Wildman–Crippen LogP) is -0.249. The predicted molar refractivity (Wildman–Crippen MR) is 84.4 cm³/mol. The Morgan fingerprint density at radius 3 is 2.32 bits per heavy atom. The summed E-state index contributed by atoms with van der Waals surface area (Å²) in [7, 11) is 1.99. The maximum Gasteiger partial charge on any atom is 0.236 e. The molecule has 0 bridgehead atoms. The zero-order valence-electron chi connectivity index (χ0n) is 13.6. The van der Waals surface area contributed by atoms with E-state index in [0.717, 1.165) is 32.4 Å². The van der Waals surface area contributed by atoms with Gasteiger partial charge in [0.1, 0.15) is 0 Å². The summed E-state index contributed by atoms with van der Waals surface area (Å²) < 4.78 is 0. The molecule has 2 amide bonds. The smallest absolute Gasteiger partial charge is 0.236 e. The summed E-state index contributed by atoms with van der Waals surface area (Å²) in [6.07, 6.45) is 4.46. The van der Waals surface area contributed by atoms with E-state index in [1.54, 1.807) is 0 Å². The zero-order valence-corrected chi connectivity index (χ0v) is 13.6. The Balaban J connectivity index is 1.42. The third kappa shape index (κ3) is 3.79. The molecule has 3 rings (SSSR count). The van der Waals surface area contributed by atoms with E-state index in [1.165, 1.54) is 6.42 Å². The number of likely N-dealkylation sites (N-methyl/N-ethyl adjacent to an activating group) is 1. The van der Waals surface area contributed by atoms with Gasteiger partial charge in [-0.2, -0.15) is 0 Å². The van der Waals surface area contributed by atoms with Gasteiger partial charge in [-0.25, -0.2) is 0 Å². The van der Waals surface area contributed by atoms with E-state index in [2.05, 4.69) is 10.2 Å².